The molecule has 1 heterocycles. The first-order valence-electron chi connectivity index (χ1n) is 4.94. The molecule has 0 aliphatic carbocycles. The Morgan fingerprint density at radius 1 is 1.32 bits per heavy atom. The minimum absolute atomic E-state index is 0.0538. The lowest BCUT2D eigenvalue weighted by Gasteiger charge is -2.04. The van der Waals surface area contributed by atoms with Gasteiger partial charge in [0.05, 0.1) is 4.91 Å². The van der Waals surface area contributed by atoms with Crippen molar-refractivity contribution in [2.45, 2.75) is 6.29 Å². The summed E-state index contributed by atoms with van der Waals surface area (Å²) >= 11 is 0.539. The van der Waals surface area contributed by atoms with E-state index in [2.05, 4.69) is 9.47 Å². The first-order valence-corrected chi connectivity index (χ1v) is 5.75. The van der Waals surface area contributed by atoms with Crippen LogP contribution in [0.5, 0.6) is 11.5 Å². The zero-order valence-corrected chi connectivity index (χ0v) is 10.1. The van der Waals surface area contributed by atoms with Gasteiger partial charge >= 0.3 is 6.29 Å². The molecule has 1 aliphatic rings. The Labute approximate surface area is 110 Å². The Morgan fingerprint density at radius 3 is 2.63 bits per heavy atom. The van der Waals surface area contributed by atoms with E-state index in [0.29, 0.717) is 23.6 Å². The number of halogens is 2. The number of benzene rings is 1. The predicted molar refractivity (Wildman–Crippen MR) is 63.9 cm³/mol. The number of aldehydes is 1. The molecule has 8 heteroatoms. The number of carbonyl (C=O) groups excluding carboxylic acids is 2. The first kappa shape index (κ1) is 13.3. The fraction of sp³-hybridized carbons (Fsp3) is 0.0909. The van der Waals surface area contributed by atoms with Crippen molar-refractivity contribution in [1.29, 1.82) is 0 Å². The molecule has 1 amide bonds. The summed E-state index contributed by atoms with van der Waals surface area (Å²) in [4.78, 5) is 21.4. The van der Waals surface area contributed by atoms with Gasteiger partial charge < -0.3 is 15.2 Å². The average Bonchev–Trinajstić information content (AvgIpc) is 2.60. The van der Waals surface area contributed by atoms with Crippen LogP contribution in [-0.4, -0.2) is 17.8 Å². The molecule has 0 aromatic heterocycles. The van der Waals surface area contributed by atoms with Gasteiger partial charge in [-0.25, -0.2) is 0 Å². The molecule has 5 nitrogen and oxygen atoms in total. The maximum absolute atomic E-state index is 12.8. The number of rotatable bonds is 3. The second-order valence-electron chi connectivity index (χ2n) is 3.46. The van der Waals surface area contributed by atoms with Gasteiger partial charge in [0.15, 0.2) is 17.8 Å². The van der Waals surface area contributed by atoms with Crippen LogP contribution in [0.1, 0.15) is 5.56 Å². The second-order valence-corrected chi connectivity index (χ2v) is 4.54. The summed E-state index contributed by atoms with van der Waals surface area (Å²) in [7, 11) is 0. The van der Waals surface area contributed by atoms with E-state index in [4.69, 9.17) is 5.73 Å². The molecule has 2 rings (SSSR count). The van der Waals surface area contributed by atoms with E-state index in [1.165, 1.54) is 24.3 Å². The Balaban J connectivity index is 2.26. The molecule has 100 valence electrons. The van der Waals surface area contributed by atoms with Crippen molar-refractivity contribution in [2.24, 2.45) is 5.73 Å². The largest absolute Gasteiger partial charge is 0.586 e. The van der Waals surface area contributed by atoms with Crippen LogP contribution in [0.4, 0.5) is 13.6 Å². The van der Waals surface area contributed by atoms with Crippen LogP contribution in [-0.2, 0) is 4.79 Å². The van der Waals surface area contributed by atoms with Gasteiger partial charge in [-0.2, -0.15) is 0 Å². The lowest BCUT2D eigenvalue weighted by Crippen LogP contribution is -2.25. The van der Waals surface area contributed by atoms with Gasteiger partial charge in [0.2, 0.25) is 0 Å². The van der Waals surface area contributed by atoms with Crippen LogP contribution in [0.3, 0.4) is 0 Å². The van der Waals surface area contributed by atoms with Gasteiger partial charge in [-0.05, 0) is 35.5 Å². The Hall–Kier alpha value is -2.09. The number of hydrogen-bond donors (Lipinski definition) is 1. The third kappa shape index (κ3) is 3.22. The predicted octanol–water partition coefficient (Wildman–Crippen LogP) is 2.36. The fourth-order valence-corrected chi connectivity index (χ4v) is 1.90. The summed E-state index contributed by atoms with van der Waals surface area (Å²) in [5, 5.41) is -0.745. The monoisotopic (exact) mass is 287 g/mol. The highest BCUT2D eigenvalue weighted by Gasteiger charge is 2.43. The number of alkyl halides is 2. The molecule has 0 unspecified atom stereocenters. The van der Waals surface area contributed by atoms with Crippen LogP contribution in [0.25, 0.3) is 6.08 Å². The fourth-order valence-electron chi connectivity index (χ4n) is 1.42. The van der Waals surface area contributed by atoms with Gasteiger partial charge in [-0.1, -0.05) is 6.07 Å². The SMILES string of the molecule is NC(=O)S/C(C=O)=C\c1ccc2c(c1)OC(F)(F)O2. The maximum Gasteiger partial charge on any atom is 0.586 e. The van der Waals surface area contributed by atoms with E-state index in [9.17, 15) is 18.4 Å². The van der Waals surface area contributed by atoms with E-state index in [1.54, 1.807) is 0 Å². The molecule has 1 aromatic carbocycles. The van der Waals surface area contributed by atoms with E-state index in [0.717, 1.165) is 0 Å². The standard InChI is InChI=1S/C11H7F2NO4S/c12-11(13)17-8-2-1-6(4-9(8)18-11)3-7(5-15)19-10(14)16/h1-5H,(H2,14,16)/b7-3-. The highest BCUT2D eigenvalue weighted by Crippen LogP contribution is 2.41. The quantitative estimate of drug-likeness (QED) is 0.682. The van der Waals surface area contributed by atoms with Crippen molar-refractivity contribution in [2.75, 3.05) is 0 Å². The summed E-state index contributed by atoms with van der Waals surface area (Å²) < 4.78 is 34.1. The van der Waals surface area contributed by atoms with Gasteiger partial charge in [0.1, 0.15) is 0 Å². The van der Waals surface area contributed by atoms with Crippen molar-refractivity contribution in [1.82, 2.24) is 0 Å². The lowest BCUT2D eigenvalue weighted by molar-refractivity contribution is -0.286. The molecule has 0 saturated carbocycles. The lowest BCUT2D eigenvalue weighted by atomic mass is 10.2. The topological polar surface area (TPSA) is 78.6 Å². The van der Waals surface area contributed by atoms with Crippen molar-refractivity contribution in [3.05, 3.63) is 28.7 Å². The smallest absolute Gasteiger partial charge is 0.395 e. The second kappa shape index (κ2) is 4.88. The molecule has 0 atom stereocenters. The highest BCUT2D eigenvalue weighted by atomic mass is 32.2. The number of amides is 1. The third-order valence-electron chi connectivity index (χ3n) is 2.07. The summed E-state index contributed by atoms with van der Waals surface area (Å²) in [6, 6.07) is 3.98. The van der Waals surface area contributed by atoms with Crippen molar-refractivity contribution in [3.63, 3.8) is 0 Å². The summed E-state index contributed by atoms with van der Waals surface area (Å²) in [5.74, 6) is -0.245. The Bertz CT molecular complexity index is 574. The number of thioether (sulfide) groups is 1. The summed E-state index contributed by atoms with van der Waals surface area (Å²) in [6.45, 7) is 0. The van der Waals surface area contributed by atoms with Crippen LogP contribution < -0.4 is 15.2 Å². The zero-order valence-electron chi connectivity index (χ0n) is 9.26. The molecule has 0 bridgehead atoms. The molecular weight excluding hydrogens is 280 g/mol. The number of nitrogens with two attached hydrogens (primary N) is 1. The minimum Gasteiger partial charge on any atom is -0.395 e. The van der Waals surface area contributed by atoms with E-state index in [1.807, 2.05) is 0 Å². The van der Waals surface area contributed by atoms with Crippen LogP contribution >= 0.6 is 11.8 Å². The average molecular weight is 287 g/mol. The summed E-state index contributed by atoms with van der Waals surface area (Å²) in [6.07, 6.45) is -1.93. The molecule has 0 spiro atoms. The molecular formula is C11H7F2NO4S. The van der Waals surface area contributed by atoms with Crippen LogP contribution in [0, 0.1) is 0 Å². The minimum atomic E-state index is -3.69. The van der Waals surface area contributed by atoms with Crippen molar-refractivity contribution < 1.29 is 27.8 Å². The molecule has 0 fully saturated rings. The van der Waals surface area contributed by atoms with Crippen LogP contribution in [0.2, 0.25) is 0 Å². The molecule has 0 saturated heterocycles. The zero-order chi connectivity index (χ0) is 14.0. The van der Waals surface area contributed by atoms with Gasteiger partial charge in [0, 0.05) is 0 Å². The van der Waals surface area contributed by atoms with Crippen molar-refractivity contribution in [3.8, 4) is 11.5 Å². The molecule has 1 aromatic rings. The summed E-state index contributed by atoms with van der Waals surface area (Å²) in [5.41, 5.74) is 5.33. The molecule has 2 N–H and O–H groups in total. The Kier molecular flexibility index (Phi) is 3.43. The molecule has 1 aliphatic heterocycles. The number of ether oxygens (including phenoxy) is 2. The van der Waals surface area contributed by atoms with Gasteiger partial charge in [-0.3, -0.25) is 9.59 Å². The van der Waals surface area contributed by atoms with E-state index < -0.39 is 11.5 Å². The number of carbonyl (C=O) groups is 2. The highest BCUT2D eigenvalue weighted by molar-refractivity contribution is 8.17. The van der Waals surface area contributed by atoms with E-state index >= 15 is 0 Å². The molecule has 0 radical (unpaired) electrons. The number of primary amides is 1. The number of fused-ring (bicyclic) bond motifs is 1. The van der Waals surface area contributed by atoms with Crippen LogP contribution in [0.15, 0.2) is 23.1 Å². The molecule has 19 heavy (non-hydrogen) atoms. The number of hydrogen-bond acceptors (Lipinski definition) is 5. The van der Waals surface area contributed by atoms with Crippen molar-refractivity contribution >= 4 is 29.4 Å². The van der Waals surface area contributed by atoms with E-state index in [-0.39, 0.29) is 16.4 Å². The third-order valence-corrected chi connectivity index (χ3v) is 2.72. The van der Waals surface area contributed by atoms with Gasteiger partial charge in [0.25, 0.3) is 5.24 Å². The Morgan fingerprint density at radius 2 is 2.00 bits per heavy atom. The maximum atomic E-state index is 12.8. The number of allylic oxidation sites excluding steroid dienone is 1. The normalized spacial score (nSPS) is 16.2. The first-order chi connectivity index (χ1) is 8.89. The van der Waals surface area contributed by atoms with Gasteiger partial charge in [-0.15, -0.1) is 8.78 Å².